The molecule has 0 radical (unpaired) electrons. The highest BCUT2D eigenvalue weighted by molar-refractivity contribution is 7.05. The molecule has 7 heteroatoms. The molecule has 0 saturated carbocycles. The minimum Gasteiger partial charge on any atom is -0.304 e. The maximum Gasteiger partial charge on any atom is 0.0892 e. The molecule has 2 rings (SSSR count). The molecule has 1 unspecified atom stereocenters. The lowest BCUT2D eigenvalue weighted by molar-refractivity contribution is 0.518. The zero-order valence-corrected chi connectivity index (χ0v) is 14.7. The van der Waals surface area contributed by atoms with Crippen molar-refractivity contribution >= 4 is 23.1 Å². The molecule has 2 heterocycles. The van der Waals surface area contributed by atoms with Crippen LogP contribution in [-0.4, -0.2) is 25.9 Å². The van der Waals surface area contributed by atoms with Gasteiger partial charge in [0.25, 0.3) is 0 Å². The molecule has 1 N–H and O–H groups in total. The van der Waals surface area contributed by atoms with Gasteiger partial charge in [-0.15, -0.1) is 5.10 Å². The van der Waals surface area contributed by atoms with Gasteiger partial charge in [-0.3, -0.25) is 4.68 Å². The Morgan fingerprint density at radius 3 is 2.67 bits per heavy atom. The molecule has 2 aromatic rings. The summed E-state index contributed by atoms with van der Waals surface area (Å²) in [5, 5.41) is 12.9. The van der Waals surface area contributed by atoms with E-state index >= 15 is 0 Å². The fraction of sp³-hybridized carbons (Fsp3) is 0.643. The lowest BCUT2D eigenvalue weighted by atomic mass is 9.89. The first-order valence-electron chi connectivity index (χ1n) is 7.17. The van der Waals surface area contributed by atoms with Crippen LogP contribution >= 0.6 is 23.1 Å². The zero-order chi connectivity index (χ0) is 15.6. The van der Waals surface area contributed by atoms with Crippen molar-refractivity contribution in [2.75, 3.05) is 6.54 Å². The lowest BCUT2D eigenvalue weighted by Crippen LogP contribution is -2.27. The van der Waals surface area contributed by atoms with Crippen LogP contribution in [0.1, 0.15) is 56.9 Å². The minimum absolute atomic E-state index is 0.0285. The Hall–Kier alpha value is -0.980. The number of hydrogen-bond acceptors (Lipinski definition) is 5. The van der Waals surface area contributed by atoms with E-state index in [1.165, 1.54) is 11.5 Å². The second-order valence-corrected chi connectivity index (χ2v) is 7.11. The summed E-state index contributed by atoms with van der Waals surface area (Å²) in [6.07, 6.45) is 1.70. The standard InChI is InChI=1S/C14H22ClN5S/c1-6-16-10(11-9(15)8-17-20(11)7-2)12-13(14(3,4)5)18-19-21-12/h8,10,16H,6-7H2,1-5H3. The van der Waals surface area contributed by atoms with Crippen molar-refractivity contribution in [3.8, 4) is 0 Å². The molecule has 21 heavy (non-hydrogen) atoms. The third-order valence-electron chi connectivity index (χ3n) is 3.30. The van der Waals surface area contributed by atoms with E-state index in [4.69, 9.17) is 11.6 Å². The van der Waals surface area contributed by atoms with E-state index in [1.807, 2.05) is 4.68 Å². The van der Waals surface area contributed by atoms with E-state index in [0.29, 0.717) is 5.02 Å². The van der Waals surface area contributed by atoms with E-state index < -0.39 is 0 Å². The normalized spacial score (nSPS) is 13.6. The van der Waals surface area contributed by atoms with Gasteiger partial charge in [-0.25, -0.2) is 0 Å². The Balaban J connectivity index is 2.55. The number of halogens is 1. The van der Waals surface area contributed by atoms with Crippen molar-refractivity contribution in [2.45, 2.75) is 52.6 Å². The van der Waals surface area contributed by atoms with Crippen LogP contribution in [0.15, 0.2) is 6.20 Å². The maximum absolute atomic E-state index is 6.38. The summed E-state index contributed by atoms with van der Waals surface area (Å²) < 4.78 is 6.10. The lowest BCUT2D eigenvalue weighted by Gasteiger charge is -2.23. The third kappa shape index (κ3) is 3.27. The molecule has 0 bridgehead atoms. The van der Waals surface area contributed by atoms with Gasteiger partial charge in [0.15, 0.2) is 0 Å². The average molecular weight is 328 g/mol. The molecule has 2 aromatic heterocycles. The van der Waals surface area contributed by atoms with Crippen molar-refractivity contribution in [3.05, 3.63) is 27.5 Å². The van der Waals surface area contributed by atoms with Crippen molar-refractivity contribution in [1.82, 2.24) is 24.7 Å². The molecule has 116 valence electrons. The largest absolute Gasteiger partial charge is 0.304 e. The van der Waals surface area contributed by atoms with Gasteiger partial charge in [0.2, 0.25) is 0 Å². The van der Waals surface area contributed by atoms with Gasteiger partial charge < -0.3 is 5.32 Å². The van der Waals surface area contributed by atoms with Gasteiger partial charge >= 0.3 is 0 Å². The van der Waals surface area contributed by atoms with Crippen molar-refractivity contribution in [2.24, 2.45) is 0 Å². The van der Waals surface area contributed by atoms with E-state index in [0.717, 1.165) is 29.4 Å². The van der Waals surface area contributed by atoms with Crippen LogP contribution in [-0.2, 0) is 12.0 Å². The fourth-order valence-corrected chi connectivity index (χ4v) is 3.53. The van der Waals surface area contributed by atoms with Crippen molar-refractivity contribution < 1.29 is 0 Å². The third-order valence-corrected chi connectivity index (χ3v) is 4.38. The molecular weight excluding hydrogens is 306 g/mol. The Morgan fingerprint density at radius 2 is 2.10 bits per heavy atom. The summed E-state index contributed by atoms with van der Waals surface area (Å²) in [4.78, 5) is 1.11. The second-order valence-electron chi connectivity index (χ2n) is 5.92. The molecule has 0 fully saturated rings. The Bertz CT molecular complexity index is 599. The van der Waals surface area contributed by atoms with E-state index in [9.17, 15) is 0 Å². The Kier molecular flexibility index (Phi) is 5.01. The smallest absolute Gasteiger partial charge is 0.0892 e. The van der Waals surface area contributed by atoms with Gasteiger partial charge in [0, 0.05) is 12.0 Å². The molecule has 0 aliphatic rings. The maximum atomic E-state index is 6.38. The number of aromatic nitrogens is 4. The van der Waals surface area contributed by atoms with E-state index in [-0.39, 0.29) is 11.5 Å². The molecule has 0 amide bonds. The SMILES string of the molecule is CCNC(c1snnc1C(C)(C)C)c1c(Cl)cnn1CC. The summed E-state index contributed by atoms with van der Waals surface area (Å²) in [6.45, 7) is 12.2. The van der Waals surface area contributed by atoms with E-state index in [1.54, 1.807) is 6.20 Å². The Labute approximate surface area is 134 Å². The second kappa shape index (κ2) is 6.42. The summed E-state index contributed by atoms with van der Waals surface area (Å²) in [7, 11) is 0. The van der Waals surface area contributed by atoms with Crippen molar-refractivity contribution in [3.63, 3.8) is 0 Å². The molecule has 0 aliphatic heterocycles. The molecule has 0 spiro atoms. The topological polar surface area (TPSA) is 55.6 Å². The van der Waals surface area contributed by atoms with Crippen LogP contribution in [0.25, 0.3) is 0 Å². The molecule has 1 atom stereocenters. The summed E-state index contributed by atoms with van der Waals surface area (Å²) in [6, 6.07) is -0.0285. The highest BCUT2D eigenvalue weighted by atomic mass is 35.5. The van der Waals surface area contributed by atoms with Crippen LogP contribution < -0.4 is 5.32 Å². The van der Waals surface area contributed by atoms with Crippen LogP contribution in [0.3, 0.4) is 0 Å². The van der Waals surface area contributed by atoms with Gasteiger partial charge in [-0.05, 0) is 25.0 Å². The quantitative estimate of drug-likeness (QED) is 0.914. The first kappa shape index (κ1) is 16.4. The number of aryl methyl sites for hydroxylation is 1. The minimum atomic E-state index is -0.0560. The summed E-state index contributed by atoms with van der Waals surface area (Å²) >= 11 is 7.81. The first-order chi connectivity index (χ1) is 9.90. The predicted octanol–water partition coefficient (Wildman–Crippen LogP) is 3.40. The van der Waals surface area contributed by atoms with E-state index in [2.05, 4.69) is 54.6 Å². The number of rotatable bonds is 5. The number of nitrogens with one attached hydrogen (secondary N) is 1. The van der Waals surface area contributed by atoms with Gasteiger partial charge in [0.1, 0.15) is 0 Å². The first-order valence-corrected chi connectivity index (χ1v) is 8.32. The molecule has 0 saturated heterocycles. The summed E-state index contributed by atoms with van der Waals surface area (Å²) in [5.41, 5.74) is 1.94. The predicted molar refractivity (Wildman–Crippen MR) is 87.0 cm³/mol. The Morgan fingerprint density at radius 1 is 1.38 bits per heavy atom. The van der Waals surface area contributed by atoms with Crippen LogP contribution in [0.4, 0.5) is 0 Å². The summed E-state index contributed by atoms with van der Waals surface area (Å²) in [5.74, 6) is 0. The molecule has 0 aliphatic carbocycles. The van der Waals surface area contributed by atoms with Crippen molar-refractivity contribution in [1.29, 1.82) is 0 Å². The van der Waals surface area contributed by atoms with Gasteiger partial charge in [0.05, 0.1) is 33.5 Å². The molecule has 0 aromatic carbocycles. The monoisotopic (exact) mass is 327 g/mol. The van der Waals surface area contributed by atoms with Gasteiger partial charge in [-0.2, -0.15) is 5.10 Å². The highest BCUT2D eigenvalue weighted by Gasteiger charge is 2.30. The van der Waals surface area contributed by atoms with Crippen LogP contribution in [0.5, 0.6) is 0 Å². The van der Waals surface area contributed by atoms with Crippen LogP contribution in [0, 0.1) is 0 Å². The molecule has 5 nitrogen and oxygen atoms in total. The highest BCUT2D eigenvalue weighted by Crippen LogP contribution is 2.36. The zero-order valence-electron chi connectivity index (χ0n) is 13.1. The number of nitrogens with zero attached hydrogens (tertiary/aromatic N) is 4. The van der Waals surface area contributed by atoms with Gasteiger partial charge in [-0.1, -0.05) is 43.8 Å². The van der Waals surface area contributed by atoms with Crippen LogP contribution in [0.2, 0.25) is 5.02 Å². The number of hydrogen-bond donors (Lipinski definition) is 1. The fourth-order valence-electron chi connectivity index (χ4n) is 2.34. The average Bonchev–Trinajstić information content (AvgIpc) is 3.02. The molecular formula is C14H22ClN5S.